The summed E-state index contributed by atoms with van der Waals surface area (Å²) in [6.45, 7) is 1.95. The number of carbonyl (C=O) groups excluding carboxylic acids is 1. The predicted octanol–water partition coefficient (Wildman–Crippen LogP) is 1.82. The number of hydrogen-bond acceptors (Lipinski definition) is 6. The van der Waals surface area contributed by atoms with Crippen LogP contribution in [0, 0.1) is 0 Å². The van der Waals surface area contributed by atoms with E-state index in [0.717, 1.165) is 31.7 Å². The molecule has 0 spiro atoms. The second kappa shape index (κ2) is 6.38. The second-order valence-corrected chi connectivity index (χ2v) is 5.15. The molecule has 0 saturated carbocycles. The summed E-state index contributed by atoms with van der Waals surface area (Å²) in [7, 11) is 0. The van der Waals surface area contributed by atoms with Crippen molar-refractivity contribution in [3.05, 3.63) is 36.2 Å². The fourth-order valence-corrected chi connectivity index (χ4v) is 2.40. The van der Waals surface area contributed by atoms with Crippen molar-refractivity contribution < 1.29 is 9.90 Å². The van der Waals surface area contributed by atoms with Crippen LogP contribution in [-0.2, 0) is 0 Å². The lowest BCUT2D eigenvalue weighted by Crippen LogP contribution is -2.30. The highest BCUT2D eigenvalue weighted by molar-refractivity contribution is 6.02. The highest BCUT2D eigenvalue weighted by Gasteiger charge is 2.15. The van der Waals surface area contributed by atoms with Crippen LogP contribution in [0.25, 0.3) is 0 Å². The van der Waals surface area contributed by atoms with Crippen molar-refractivity contribution in [3.63, 3.8) is 0 Å². The molecule has 1 aliphatic rings. The SMILES string of the molecule is O=C(Nc1ncccc1O)c1ccc(N2CCCCC2)nn1. The van der Waals surface area contributed by atoms with Gasteiger partial charge in [-0.05, 0) is 43.5 Å². The Morgan fingerprint density at radius 3 is 2.64 bits per heavy atom. The molecule has 0 aliphatic carbocycles. The molecule has 0 unspecified atom stereocenters. The summed E-state index contributed by atoms with van der Waals surface area (Å²) < 4.78 is 0. The van der Waals surface area contributed by atoms with Crippen LogP contribution < -0.4 is 10.2 Å². The van der Waals surface area contributed by atoms with E-state index in [1.165, 1.54) is 18.7 Å². The summed E-state index contributed by atoms with van der Waals surface area (Å²) >= 11 is 0. The lowest BCUT2D eigenvalue weighted by atomic mass is 10.1. The van der Waals surface area contributed by atoms with Crippen LogP contribution in [0.1, 0.15) is 29.8 Å². The molecule has 2 aromatic heterocycles. The zero-order chi connectivity index (χ0) is 15.4. The van der Waals surface area contributed by atoms with E-state index in [4.69, 9.17) is 0 Å². The maximum Gasteiger partial charge on any atom is 0.277 e. The Kier molecular flexibility index (Phi) is 4.13. The number of piperidine rings is 1. The van der Waals surface area contributed by atoms with E-state index in [9.17, 15) is 9.90 Å². The van der Waals surface area contributed by atoms with E-state index >= 15 is 0 Å². The van der Waals surface area contributed by atoms with Crippen LogP contribution in [0.15, 0.2) is 30.5 Å². The first-order valence-corrected chi connectivity index (χ1v) is 7.28. The highest BCUT2D eigenvalue weighted by Crippen LogP contribution is 2.19. The van der Waals surface area contributed by atoms with Gasteiger partial charge in [0.05, 0.1) is 0 Å². The largest absolute Gasteiger partial charge is 0.504 e. The normalized spacial score (nSPS) is 14.6. The van der Waals surface area contributed by atoms with Crippen molar-refractivity contribution in [1.29, 1.82) is 0 Å². The number of hydrogen-bond donors (Lipinski definition) is 2. The van der Waals surface area contributed by atoms with E-state index in [1.54, 1.807) is 18.2 Å². The maximum atomic E-state index is 12.1. The number of anilines is 2. The number of aromatic hydroxyl groups is 1. The fraction of sp³-hybridized carbons (Fsp3) is 0.333. The fourth-order valence-electron chi connectivity index (χ4n) is 2.40. The Bertz CT molecular complexity index is 653. The van der Waals surface area contributed by atoms with Crippen molar-refractivity contribution in [3.8, 4) is 5.75 Å². The molecule has 3 rings (SSSR count). The third kappa shape index (κ3) is 3.13. The minimum absolute atomic E-state index is 0.0891. The van der Waals surface area contributed by atoms with Crippen molar-refractivity contribution >= 4 is 17.5 Å². The number of pyridine rings is 1. The Labute approximate surface area is 128 Å². The molecule has 22 heavy (non-hydrogen) atoms. The molecule has 2 N–H and O–H groups in total. The quantitative estimate of drug-likeness (QED) is 0.898. The van der Waals surface area contributed by atoms with Gasteiger partial charge in [0, 0.05) is 19.3 Å². The molecule has 2 aromatic rings. The van der Waals surface area contributed by atoms with Crippen LogP contribution in [-0.4, -0.2) is 39.3 Å². The monoisotopic (exact) mass is 299 g/mol. The lowest BCUT2D eigenvalue weighted by molar-refractivity contribution is 0.102. The summed E-state index contributed by atoms with van der Waals surface area (Å²) in [5, 5.41) is 20.2. The van der Waals surface area contributed by atoms with Gasteiger partial charge >= 0.3 is 0 Å². The summed E-state index contributed by atoms with van der Waals surface area (Å²) in [6, 6.07) is 6.46. The van der Waals surface area contributed by atoms with Gasteiger partial charge in [-0.15, -0.1) is 10.2 Å². The molecule has 1 aliphatic heterocycles. The number of nitrogens with zero attached hydrogens (tertiary/aromatic N) is 4. The van der Waals surface area contributed by atoms with E-state index in [0.29, 0.717) is 0 Å². The summed E-state index contributed by atoms with van der Waals surface area (Å²) in [6.07, 6.45) is 5.05. The molecule has 7 nitrogen and oxygen atoms in total. The third-order valence-electron chi connectivity index (χ3n) is 3.58. The first-order chi connectivity index (χ1) is 10.7. The molecule has 7 heteroatoms. The van der Waals surface area contributed by atoms with Crippen molar-refractivity contribution in [2.24, 2.45) is 0 Å². The average Bonchev–Trinajstić information content (AvgIpc) is 2.58. The molecule has 114 valence electrons. The van der Waals surface area contributed by atoms with E-state index in [2.05, 4.69) is 25.4 Å². The average molecular weight is 299 g/mol. The third-order valence-corrected chi connectivity index (χ3v) is 3.58. The minimum Gasteiger partial charge on any atom is -0.504 e. The second-order valence-electron chi connectivity index (χ2n) is 5.15. The van der Waals surface area contributed by atoms with E-state index in [1.807, 2.05) is 0 Å². The standard InChI is InChI=1S/C15H17N5O2/c21-12-5-4-8-16-14(12)17-15(22)11-6-7-13(19-18-11)20-9-2-1-3-10-20/h4-8,21H,1-3,9-10H2,(H,16,17,22). The molecule has 0 aromatic carbocycles. The lowest BCUT2D eigenvalue weighted by Gasteiger charge is -2.27. The topological polar surface area (TPSA) is 91.2 Å². The van der Waals surface area contributed by atoms with Crippen molar-refractivity contribution in [1.82, 2.24) is 15.2 Å². The van der Waals surface area contributed by atoms with Crippen LogP contribution >= 0.6 is 0 Å². The Morgan fingerprint density at radius 2 is 1.95 bits per heavy atom. The van der Waals surface area contributed by atoms with Crippen LogP contribution in [0.4, 0.5) is 11.6 Å². The van der Waals surface area contributed by atoms with Gasteiger partial charge in [0.2, 0.25) is 0 Å². The Morgan fingerprint density at radius 1 is 1.14 bits per heavy atom. The van der Waals surface area contributed by atoms with E-state index < -0.39 is 5.91 Å². The highest BCUT2D eigenvalue weighted by atomic mass is 16.3. The van der Waals surface area contributed by atoms with Gasteiger partial charge in [-0.25, -0.2) is 4.98 Å². The van der Waals surface area contributed by atoms with Gasteiger partial charge in [0.15, 0.2) is 23.1 Å². The summed E-state index contributed by atoms with van der Waals surface area (Å²) in [5.74, 6) is 0.354. The number of rotatable bonds is 3. The van der Waals surface area contributed by atoms with Crippen molar-refractivity contribution in [2.75, 3.05) is 23.3 Å². The van der Waals surface area contributed by atoms with Gasteiger partial charge in [0.25, 0.3) is 5.91 Å². The summed E-state index contributed by atoms with van der Waals surface area (Å²) in [5.41, 5.74) is 0.186. The molecule has 0 atom stereocenters. The van der Waals surface area contributed by atoms with Crippen LogP contribution in [0.2, 0.25) is 0 Å². The molecular formula is C15H17N5O2. The van der Waals surface area contributed by atoms with Gasteiger partial charge < -0.3 is 15.3 Å². The molecule has 1 fully saturated rings. The van der Waals surface area contributed by atoms with Gasteiger partial charge in [-0.2, -0.15) is 0 Å². The maximum absolute atomic E-state index is 12.1. The number of nitrogens with one attached hydrogen (secondary N) is 1. The molecule has 0 bridgehead atoms. The molecule has 3 heterocycles. The number of amides is 1. The molecule has 1 amide bonds. The predicted molar refractivity (Wildman–Crippen MR) is 82.0 cm³/mol. The van der Waals surface area contributed by atoms with Gasteiger partial charge in [-0.3, -0.25) is 4.79 Å². The van der Waals surface area contributed by atoms with Gasteiger partial charge in [-0.1, -0.05) is 0 Å². The molecule has 0 radical (unpaired) electrons. The zero-order valence-corrected chi connectivity index (χ0v) is 12.1. The number of carbonyl (C=O) groups is 1. The first-order valence-electron chi connectivity index (χ1n) is 7.28. The Balaban J connectivity index is 1.69. The summed E-state index contributed by atoms with van der Waals surface area (Å²) in [4.78, 5) is 18.1. The minimum atomic E-state index is -0.452. The molecular weight excluding hydrogens is 282 g/mol. The van der Waals surface area contributed by atoms with Crippen LogP contribution in [0.5, 0.6) is 5.75 Å². The van der Waals surface area contributed by atoms with Crippen LogP contribution in [0.3, 0.4) is 0 Å². The molecule has 1 saturated heterocycles. The Hall–Kier alpha value is -2.70. The smallest absolute Gasteiger partial charge is 0.277 e. The first kappa shape index (κ1) is 14.2. The number of aromatic nitrogens is 3. The van der Waals surface area contributed by atoms with E-state index in [-0.39, 0.29) is 17.3 Å². The van der Waals surface area contributed by atoms with Gasteiger partial charge in [0.1, 0.15) is 0 Å². The zero-order valence-electron chi connectivity index (χ0n) is 12.1. The van der Waals surface area contributed by atoms with Crippen molar-refractivity contribution in [2.45, 2.75) is 19.3 Å².